The molecule has 4 aromatic rings. The number of nitrogens with zero attached hydrogens (tertiary/aromatic N) is 2. The van der Waals surface area contributed by atoms with Crippen LogP contribution in [0, 0.1) is 25.7 Å². The molecule has 1 fully saturated rings. The number of oxazole rings is 1. The topological polar surface area (TPSA) is 75.4 Å². The van der Waals surface area contributed by atoms with E-state index in [1.807, 2.05) is 73.3 Å². The first-order valence-corrected chi connectivity index (χ1v) is 13.0. The number of nitrogens with one attached hydrogen (secondary N) is 1. The maximum absolute atomic E-state index is 13.2. The van der Waals surface area contributed by atoms with Crippen LogP contribution in [0.5, 0.6) is 0 Å². The van der Waals surface area contributed by atoms with Crippen molar-refractivity contribution in [2.45, 2.75) is 40.2 Å². The van der Waals surface area contributed by atoms with Crippen molar-refractivity contribution in [3.05, 3.63) is 89.0 Å². The fourth-order valence-electron chi connectivity index (χ4n) is 4.94. The van der Waals surface area contributed by atoms with Crippen LogP contribution in [0.4, 0.5) is 0 Å². The summed E-state index contributed by atoms with van der Waals surface area (Å²) >= 11 is 0. The number of fused-ring (bicyclic) bond motifs is 1. The largest absolute Gasteiger partial charge is 0.436 e. The lowest BCUT2D eigenvalue weighted by atomic mass is 9.84. The lowest BCUT2D eigenvalue weighted by molar-refractivity contribution is -0.126. The molecule has 0 unspecified atom stereocenters. The number of hydrogen-bond donors (Lipinski definition) is 1. The number of aryl methyl sites for hydroxylation is 2. The van der Waals surface area contributed by atoms with Crippen LogP contribution in [-0.4, -0.2) is 34.8 Å². The van der Waals surface area contributed by atoms with Crippen molar-refractivity contribution in [2.24, 2.45) is 11.8 Å². The third kappa shape index (κ3) is 5.58. The number of benzene rings is 3. The molecule has 0 bridgehead atoms. The lowest BCUT2D eigenvalue weighted by Crippen LogP contribution is -2.42. The van der Waals surface area contributed by atoms with Crippen molar-refractivity contribution in [3.8, 4) is 11.5 Å². The number of rotatable bonds is 6. The fourth-order valence-corrected chi connectivity index (χ4v) is 4.94. The Bertz CT molecular complexity index is 1400. The van der Waals surface area contributed by atoms with E-state index in [1.54, 1.807) is 0 Å². The van der Waals surface area contributed by atoms with Gasteiger partial charge in [0.2, 0.25) is 11.8 Å². The minimum Gasteiger partial charge on any atom is -0.436 e. The SMILES string of the molecule is Cc1ccc(CNC(=O)[C@H](C)C2CCN(C(=O)c3ccc4oc(-c5ccc(C)cc5)nc4c3)CC2)cc1. The van der Waals surface area contributed by atoms with Crippen LogP contribution in [0.3, 0.4) is 0 Å². The molecule has 6 heteroatoms. The highest BCUT2D eigenvalue weighted by molar-refractivity contribution is 5.97. The summed E-state index contributed by atoms with van der Waals surface area (Å²) in [4.78, 5) is 32.5. The zero-order valence-corrected chi connectivity index (χ0v) is 21.7. The number of amides is 2. The average Bonchev–Trinajstić information content (AvgIpc) is 3.36. The Labute approximate surface area is 217 Å². The molecule has 1 saturated heterocycles. The van der Waals surface area contributed by atoms with Gasteiger partial charge in [0.05, 0.1) is 0 Å². The van der Waals surface area contributed by atoms with Crippen LogP contribution in [0.1, 0.15) is 46.8 Å². The Hall–Kier alpha value is -3.93. The molecule has 2 heterocycles. The number of piperidine rings is 1. The summed E-state index contributed by atoms with van der Waals surface area (Å²) in [7, 11) is 0. The van der Waals surface area contributed by atoms with E-state index in [4.69, 9.17) is 4.42 Å². The van der Waals surface area contributed by atoms with E-state index >= 15 is 0 Å². The normalized spacial score (nSPS) is 15.1. The quantitative estimate of drug-likeness (QED) is 0.360. The zero-order chi connectivity index (χ0) is 25.9. The van der Waals surface area contributed by atoms with Crippen LogP contribution in [0.25, 0.3) is 22.6 Å². The monoisotopic (exact) mass is 495 g/mol. The van der Waals surface area contributed by atoms with Gasteiger partial charge in [-0.1, -0.05) is 54.4 Å². The van der Waals surface area contributed by atoms with E-state index in [0.29, 0.717) is 42.2 Å². The molecule has 1 aliphatic heterocycles. The van der Waals surface area contributed by atoms with E-state index in [0.717, 1.165) is 24.0 Å². The molecule has 0 radical (unpaired) electrons. The van der Waals surface area contributed by atoms with Gasteiger partial charge in [-0.05, 0) is 68.5 Å². The number of aromatic nitrogens is 1. The maximum atomic E-state index is 13.2. The molecule has 1 aliphatic rings. The Morgan fingerprint density at radius 3 is 2.30 bits per heavy atom. The number of hydrogen-bond acceptors (Lipinski definition) is 4. The maximum Gasteiger partial charge on any atom is 0.253 e. The zero-order valence-electron chi connectivity index (χ0n) is 21.7. The summed E-state index contributed by atoms with van der Waals surface area (Å²) in [5, 5.41) is 3.07. The first kappa shape index (κ1) is 24.8. The van der Waals surface area contributed by atoms with Gasteiger partial charge in [-0.25, -0.2) is 4.98 Å². The standard InChI is InChI=1S/C31H33N3O3/c1-20-4-8-23(9-5-20)19-32-29(35)22(3)24-14-16-34(17-15-24)31(36)26-12-13-28-27(18-26)33-30(37-28)25-10-6-21(2)7-11-25/h4-13,18,22,24H,14-17,19H2,1-3H3,(H,32,35)/t22-/m1/s1. The van der Waals surface area contributed by atoms with Crippen LogP contribution in [-0.2, 0) is 11.3 Å². The first-order valence-electron chi connectivity index (χ1n) is 13.0. The Morgan fingerprint density at radius 2 is 1.62 bits per heavy atom. The second-order valence-corrected chi connectivity index (χ2v) is 10.2. The molecule has 1 atom stereocenters. The smallest absolute Gasteiger partial charge is 0.253 e. The molecule has 0 spiro atoms. The van der Waals surface area contributed by atoms with Gasteiger partial charge in [0.25, 0.3) is 5.91 Å². The van der Waals surface area contributed by atoms with Gasteiger partial charge in [-0.15, -0.1) is 0 Å². The minimum absolute atomic E-state index is 0.00304. The van der Waals surface area contributed by atoms with Gasteiger partial charge < -0.3 is 14.6 Å². The average molecular weight is 496 g/mol. The van der Waals surface area contributed by atoms with Gasteiger partial charge in [0, 0.05) is 36.7 Å². The second-order valence-electron chi connectivity index (χ2n) is 10.2. The van der Waals surface area contributed by atoms with Crippen LogP contribution in [0.15, 0.2) is 71.1 Å². The predicted octanol–water partition coefficient (Wildman–Crippen LogP) is 5.92. The molecule has 0 aliphatic carbocycles. The fraction of sp³-hybridized carbons (Fsp3) is 0.323. The third-order valence-electron chi connectivity index (χ3n) is 7.47. The molecule has 37 heavy (non-hydrogen) atoms. The van der Waals surface area contributed by atoms with Gasteiger partial charge in [0.15, 0.2) is 5.58 Å². The number of carbonyl (C=O) groups is 2. The van der Waals surface area contributed by atoms with Crippen LogP contribution in [0.2, 0.25) is 0 Å². The number of likely N-dealkylation sites (tertiary alicyclic amines) is 1. The summed E-state index contributed by atoms with van der Waals surface area (Å²) in [6.07, 6.45) is 1.63. The molecular weight excluding hydrogens is 462 g/mol. The Morgan fingerprint density at radius 1 is 0.973 bits per heavy atom. The van der Waals surface area contributed by atoms with E-state index in [1.165, 1.54) is 11.1 Å². The highest BCUT2D eigenvalue weighted by atomic mass is 16.3. The second kappa shape index (κ2) is 10.6. The highest BCUT2D eigenvalue weighted by Crippen LogP contribution is 2.28. The molecule has 2 amide bonds. The first-order chi connectivity index (χ1) is 17.9. The highest BCUT2D eigenvalue weighted by Gasteiger charge is 2.30. The Kier molecular flexibility index (Phi) is 7.08. The molecule has 0 saturated carbocycles. The van der Waals surface area contributed by atoms with Crippen molar-refractivity contribution in [1.29, 1.82) is 0 Å². The van der Waals surface area contributed by atoms with Crippen molar-refractivity contribution in [1.82, 2.24) is 15.2 Å². The van der Waals surface area contributed by atoms with Crippen LogP contribution < -0.4 is 5.32 Å². The van der Waals surface area contributed by atoms with E-state index in [9.17, 15) is 9.59 Å². The van der Waals surface area contributed by atoms with Crippen LogP contribution >= 0.6 is 0 Å². The summed E-state index contributed by atoms with van der Waals surface area (Å²) < 4.78 is 5.92. The van der Waals surface area contributed by atoms with Gasteiger partial charge in [-0.2, -0.15) is 0 Å². The van der Waals surface area contributed by atoms with E-state index in [2.05, 4.69) is 29.4 Å². The van der Waals surface area contributed by atoms with Gasteiger partial charge in [-0.3, -0.25) is 9.59 Å². The summed E-state index contributed by atoms with van der Waals surface area (Å²) in [6, 6.07) is 21.7. The van der Waals surface area contributed by atoms with E-state index < -0.39 is 0 Å². The molecule has 1 aromatic heterocycles. The minimum atomic E-state index is -0.0885. The summed E-state index contributed by atoms with van der Waals surface area (Å²) in [5.41, 5.74) is 6.34. The summed E-state index contributed by atoms with van der Waals surface area (Å²) in [6.45, 7) is 7.91. The van der Waals surface area contributed by atoms with Gasteiger partial charge in [0.1, 0.15) is 5.52 Å². The Balaban J connectivity index is 1.17. The van der Waals surface area contributed by atoms with Crippen molar-refractivity contribution in [2.75, 3.05) is 13.1 Å². The molecular formula is C31H33N3O3. The number of carbonyl (C=O) groups excluding carboxylic acids is 2. The lowest BCUT2D eigenvalue weighted by Gasteiger charge is -2.34. The van der Waals surface area contributed by atoms with E-state index in [-0.39, 0.29) is 23.7 Å². The molecule has 1 N–H and O–H groups in total. The predicted molar refractivity (Wildman–Crippen MR) is 145 cm³/mol. The molecule has 6 nitrogen and oxygen atoms in total. The van der Waals surface area contributed by atoms with Crippen molar-refractivity contribution < 1.29 is 14.0 Å². The molecule has 5 rings (SSSR count). The molecule has 3 aromatic carbocycles. The molecule has 190 valence electrons. The summed E-state index contributed by atoms with van der Waals surface area (Å²) in [5.74, 6) is 0.796. The third-order valence-corrected chi connectivity index (χ3v) is 7.47. The van der Waals surface area contributed by atoms with Crippen molar-refractivity contribution in [3.63, 3.8) is 0 Å². The van der Waals surface area contributed by atoms with Gasteiger partial charge >= 0.3 is 0 Å². The van der Waals surface area contributed by atoms with Crippen molar-refractivity contribution >= 4 is 22.9 Å².